The molecule has 138 valence electrons. The van der Waals surface area contributed by atoms with Crippen molar-refractivity contribution in [3.63, 3.8) is 0 Å². The van der Waals surface area contributed by atoms with Gasteiger partial charge in [0.25, 0.3) is 0 Å². The van der Waals surface area contributed by atoms with E-state index in [1.807, 2.05) is 12.1 Å². The Morgan fingerprint density at radius 2 is 1.44 bits per heavy atom. The highest BCUT2D eigenvalue weighted by Crippen LogP contribution is 2.44. The Hall–Kier alpha value is -1.11. The van der Waals surface area contributed by atoms with Crippen LogP contribution in [0.3, 0.4) is 0 Å². The molecule has 1 aromatic rings. The quantitative estimate of drug-likeness (QED) is 0.502. The van der Waals surface area contributed by atoms with Crippen LogP contribution in [-0.2, 0) is 0 Å². The zero-order valence-electron chi connectivity index (χ0n) is 16.3. The van der Waals surface area contributed by atoms with Gasteiger partial charge < -0.3 is 0 Å². The molecule has 0 spiro atoms. The second kappa shape index (κ2) is 9.01. The topological polar surface area (TPSA) is 17.1 Å². The van der Waals surface area contributed by atoms with Gasteiger partial charge in [0.2, 0.25) is 0 Å². The Morgan fingerprint density at radius 3 is 1.96 bits per heavy atom. The van der Waals surface area contributed by atoms with Gasteiger partial charge in [0, 0.05) is 5.56 Å². The third-order valence-corrected chi connectivity index (χ3v) is 7.08. The number of unbranched alkanes of at least 4 members (excludes halogenated alkanes) is 1. The Labute approximate surface area is 154 Å². The molecule has 2 aliphatic rings. The first-order chi connectivity index (χ1) is 12.2. The number of ketones is 1. The summed E-state index contributed by atoms with van der Waals surface area (Å²) in [5, 5.41) is 0. The molecule has 0 heterocycles. The van der Waals surface area contributed by atoms with Gasteiger partial charge in [-0.05, 0) is 74.7 Å². The minimum absolute atomic E-state index is 0.171. The zero-order chi connectivity index (χ0) is 17.6. The lowest BCUT2D eigenvalue weighted by atomic mass is 9.68. The minimum atomic E-state index is 0.171. The molecule has 0 saturated heterocycles. The number of Topliss-reactive ketones (excluding diaryl/α,β-unsaturated/α-hetero) is 1. The van der Waals surface area contributed by atoms with E-state index in [0.717, 1.165) is 29.2 Å². The summed E-state index contributed by atoms with van der Waals surface area (Å²) >= 11 is 0. The number of benzene rings is 1. The van der Waals surface area contributed by atoms with Crippen molar-refractivity contribution in [3.05, 3.63) is 35.4 Å². The van der Waals surface area contributed by atoms with E-state index in [2.05, 4.69) is 19.1 Å². The van der Waals surface area contributed by atoms with E-state index < -0.39 is 0 Å². The maximum Gasteiger partial charge on any atom is 0.159 e. The van der Waals surface area contributed by atoms with Crippen molar-refractivity contribution in [2.24, 2.45) is 17.8 Å². The number of carbonyl (C=O) groups is 1. The molecule has 0 atom stereocenters. The fraction of sp³-hybridized carbons (Fsp3) is 0.708. The molecule has 2 saturated carbocycles. The van der Waals surface area contributed by atoms with E-state index in [1.165, 1.54) is 76.2 Å². The average Bonchev–Trinajstić information content (AvgIpc) is 2.67. The summed E-state index contributed by atoms with van der Waals surface area (Å²) in [5.74, 6) is 3.93. The van der Waals surface area contributed by atoms with Gasteiger partial charge in [0.05, 0.1) is 0 Å². The van der Waals surface area contributed by atoms with E-state index >= 15 is 0 Å². The van der Waals surface area contributed by atoms with Crippen LogP contribution < -0.4 is 0 Å². The van der Waals surface area contributed by atoms with Crippen LogP contribution >= 0.6 is 0 Å². The molecule has 25 heavy (non-hydrogen) atoms. The molecule has 0 amide bonds. The number of hydrogen-bond donors (Lipinski definition) is 0. The molecule has 1 nitrogen and oxygen atoms in total. The van der Waals surface area contributed by atoms with E-state index in [-0.39, 0.29) is 5.78 Å². The van der Waals surface area contributed by atoms with Crippen molar-refractivity contribution >= 4 is 5.78 Å². The van der Waals surface area contributed by atoms with Gasteiger partial charge in [-0.1, -0.05) is 63.3 Å². The van der Waals surface area contributed by atoms with Crippen LogP contribution in [0.5, 0.6) is 0 Å². The lowest BCUT2D eigenvalue weighted by Crippen LogP contribution is -2.25. The van der Waals surface area contributed by atoms with Crippen molar-refractivity contribution in [2.45, 2.75) is 90.4 Å². The van der Waals surface area contributed by atoms with E-state index in [4.69, 9.17) is 0 Å². The molecule has 0 N–H and O–H groups in total. The minimum Gasteiger partial charge on any atom is -0.295 e. The molecule has 0 aromatic heterocycles. The molecule has 2 aliphatic carbocycles. The van der Waals surface area contributed by atoms with Crippen molar-refractivity contribution < 1.29 is 4.79 Å². The second-order valence-electron chi connectivity index (χ2n) is 8.71. The second-order valence-corrected chi connectivity index (χ2v) is 8.71. The number of rotatable bonds is 6. The highest BCUT2D eigenvalue weighted by molar-refractivity contribution is 5.94. The summed E-state index contributed by atoms with van der Waals surface area (Å²) in [4.78, 5) is 11.4. The number of carbonyl (C=O) groups excluding carboxylic acids is 1. The van der Waals surface area contributed by atoms with Crippen molar-refractivity contribution in [1.29, 1.82) is 0 Å². The molecular formula is C24H36O. The molecule has 0 bridgehead atoms. The van der Waals surface area contributed by atoms with E-state index in [9.17, 15) is 4.79 Å². The van der Waals surface area contributed by atoms with Gasteiger partial charge in [-0.15, -0.1) is 0 Å². The van der Waals surface area contributed by atoms with E-state index in [1.54, 1.807) is 6.92 Å². The lowest BCUT2D eigenvalue weighted by Gasteiger charge is -2.38. The van der Waals surface area contributed by atoms with Gasteiger partial charge in [-0.2, -0.15) is 0 Å². The molecular weight excluding hydrogens is 304 g/mol. The summed E-state index contributed by atoms with van der Waals surface area (Å²) in [5.41, 5.74) is 2.30. The van der Waals surface area contributed by atoms with Crippen molar-refractivity contribution in [2.75, 3.05) is 0 Å². The van der Waals surface area contributed by atoms with E-state index in [0.29, 0.717) is 0 Å². The fourth-order valence-corrected chi connectivity index (χ4v) is 5.36. The molecule has 0 unspecified atom stereocenters. The Balaban J connectivity index is 1.45. The maximum atomic E-state index is 11.4. The third kappa shape index (κ3) is 4.96. The predicted octanol–water partition coefficient (Wildman–Crippen LogP) is 7.16. The first-order valence-electron chi connectivity index (χ1n) is 10.8. The van der Waals surface area contributed by atoms with Crippen molar-refractivity contribution in [3.8, 4) is 0 Å². The molecule has 1 heteroatoms. The number of hydrogen-bond acceptors (Lipinski definition) is 1. The summed E-state index contributed by atoms with van der Waals surface area (Å²) < 4.78 is 0. The standard InChI is InChI=1S/C24H36O/c1-3-4-5-19-6-8-21(9-7-19)23-14-16-24(17-15-23)22-12-10-20(11-13-22)18(2)25/h10-13,19,21,23-24H,3-9,14-17H2,1-2H3. The SMILES string of the molecule is CCCCC1CCC(C2CCC(c3ccc(C(C)=O)cc3)CC2)CC1. The highest BCUT2D eigenvalue weighted by atomic mass is 16.1. The normalized spacial score (nSPS) is 30.2. The van der Waals surface area contributed by atoms with Gasteiger partial charge in [-0.3, -0.25) is 4.79 Å². The summed E-state index contributed by atoms with van der Waals surface area (Å²) in [6.07, 6.45) is 15.8. The van der Waals surface area contributed by atoms with Crippen LogP contribution in [0.15, 0.2) is 24.3 Å². The van der Waals surface area contributed by atoms with Gasteiger partial charge >= 0.3 is 0 Å². The van der Waals surface area contributed by atoms with Crippen LogP contribution in [0, 0.1) is 17.8 Å². The summed E-state index contributed by atoms with van der Waals surface area (Å²) in [6, 6.07) is 8.42. The Kier molecular flexibility index (Phi) is 6.73. The Bertz CT molecular complexity index is 528. The monoisotopic (exact) mass is 340 g/mol. The van der Waals surface area contributed by atoms with Crippen LogP contribution in [0.4, 0.5) is 0 Å². The van der Waals surface area contributed by atoms with Crippen LogP contribution in [0.1, 0.15) is 106 Å². The molecule has 1 aromatic carbocycles. The largest absolute Gasteiger partial charge is 0.295 e. The lowest BCUT2D eigenvalue weighted by molar-refractivity contribution is 0.101. The average molecular weight is 341 g/mol. The first-order valence-corrected chi connectivity index (χ1v) is 10.8. The molecule has 0 aliphatic heterocycles. The smallest absolute Gasteiger partial charge is 0.159 e. The molecule has 0 radical (unpaired) electrons. The van der Waals surface area contributed by atoms with Crippen LogP contribution in [0.2, 0.25) is 0 Å². The zero-order valence-corrected chi connectivity index (χ0v) is 16.3. The van der Waals surface area contributed by atoms with Crippen LogP contribution in [0.25, 0.3) is 0 Å². The van der Waals surface area contributed by atoms with Crippen LogP contribution in [-0.4, -0.2) is 5.78 Å². The van der Waals surface area contributed by atoms with Gasteiger partial charge in [0.1, 0.15) is 0 Å². The maximum absolute atomic E-state index is 11.4. The fourth-order valence-electron chi connectivity index (χ4n) is 5.36. The predicted molar refractivity (Wildman–Crippen MR) is 106 cm³/mol. The van der Waals surface area contributed by atoms with Gasteiger partial charge in [-0.25, -0.2) is 0 Å². The summed E-state index contributed by atoms with van der Waals surface area (Å²) in [7, 11) is 0. The van der Waals surface area contributed by atoms with Gasteiger partial charge in [0.15, 0.2) is 5.78 Å². The highest BCUT2D eigenvalue weighted by Gasteiger charge is 2.31. The molecule has 2 fully saturated rings. The third-order valence-electron chi connectivity index (χ3n) is 7.08. The molecule has 3 rings (SSSR count). The summed E-state index contributed by atoms with van der Waals surface area (Å²) in [6.45, 7) is 3.97. The first kappa shape index (κ1) is 18.7. The van der Waals surface area contributed by atoms with Crippen molar-refractivity contribution in [1.82, 2.24) is 0 Å². The Morgan fingerprint density at radius 1 is 0.880 bits per heavy atom.